The van der Waals surface area contributed by atoms with Crippen LogP contribution in [0.2, 0.25) is 0 Å². The summed E-state index contributed by atoms with van der Waals surface area (Å²) in [6.07, 6.45) is 3.98. The number of carbonyl (C=O) groups excluding carboxylic acids is 1. The number of amides is 1. The third-order valence-electron chi connectivity index (χ3n) is 2.43. The summed E-state index contributed by atoms with van der Waals surface area (Å²) in [5.41, 5.74) is 3.54. The zero-order chi connectivity index (χ0) is 12.3. The van der Waals surface area contributed by atoms with Crippen molar-refractivity contribution in [3.63, 3.8) is 0 Å². The summed E-state index contributed by atoms with van der Waals surface area (Å²) in [6, 6.07) is -0.0326. The summed E-state index contributed by atoms with van der Waals surface area (Å²) in [4.78, 5) is 15.8. The number of hydrogen-bond donors (Lipinski definition) is 1. The van der Waals surface area contributed by atoms with E-state index in [-0.39, 0.29) is 11.9 Å². The number of nitrogens with zero attached hydrogens (tertiary/aromatic N) is 3. The molecule has 2 aromatic heterocycles. The zero-order valence-corrected chi connectivity index (χ0v) is 10.6. The van der Waals surface area contributed by atoms with E-state index in [1.807, 2.05) is 25.5 Å². The Balaban J connectivity index is 1.90. The second-order valence-corrected chi connectivity index (χ2v) is 4.61. The molecule has 2 rings (SSSR count). The van der Waals surface area contributed by atoms with Gasteiger partial charge < -0.3 is 5.32 Å². The zero-order valence-electron chi connectivity index (χ0n) is 9.75. The fourth-order valence-electron chi connectivity index (χ4n) is 1.53. The number of nitrogens with one attached hydrogen (secondary N) is 1. The third kappa shape index (κ3) is 3.13. The minimum Gasteiger partial charge on any atom is -0.349 e. The first-order valence-electron chi connectivity index (χ1n) is 5.30. The molecule has 0 aliphatic rings. The van der Waals surface area contributed by atoms with Gasteiger partial charge >= 0.3 is 0 Å². The fraction of sp³-hybridized carbons (Fsp3) is 0.364. The average molecular weight is 250 g/mol. The highest BCUT2D eigenvalue weighted by molar-refractivity contribution is 7.07. The van der Waals surface area contributed by atoms with Crippen LogP contribution >= 0.6 is 11.3 Å². The van der Waals surface area contributed by atoms with Gasteiger partial charge in [0.15, 0.2) is 0 Å². The Morgan fingerprint density at radius 3 is 3.06 bits per heavy atom. The van der Waals surface area contributed by atoms with Crippen LogP contribution in [0.4, 0.5) is 0 Å². The molecule has 0 saturated heterocycles. The van der Waals surface area contributed by atoms with Crippen molar-refractivity contribution in [1.82, 2.24) is 20.1 Å². The van der Waals surface area contributed by atoms with Gasteiger partial charge in [0.25, 0.3) is 0 Å². The molecule has 1 atom stereocenters. The molecule has 0 saturated carbocycles. The summed E-state index contributed by atoms with van der Waals surface area (Å²) in [5, 5.41) is 8.88. The Kier molecular flexibility index (Phi) is 3.53. The number of thiazole rings is 1. The van der Waals surface area contributed by atoms with Crippen LogP contribution in [0.1, 0.15) is 24.2 Å². The predicted octanol–water partition coefficient (Wildman–Crippen LogP) is 1.30. The predicted molar refractivity (Wildman–Crippen MR) is 65.6 cm³/mol. The van der Waals surface area contributed by atoms with Crippen molar-refractivity contribution in [2.75, 3.05) is 0 Å². The van der Waals surface area contributed by atoms with E-state index in [9.17, 15) is 4.79 Å². The van der Waals surface area contributed by atoms with Crippen LogP contribution in [-0.4, -0.2) is 20.7 Å². The Morgan fingerprint density at radius 2 is 2.47 bits per heavy atom. The molecular weight excluding hydrogens is 236 g/mol. The molecule has 90 valence electrons. The molecule has 0 aliphatic heterocycles. The molecule has 5 nitrogen and oxygen atoms in total. The molecule has 1 unspecified atom stereocenters. The highest BCUT2D eigenvalue weighted by atomic mass is 32.1. The first kappa shape index (κ1) is 11.8. The topological polar surface area (TPSA) is 59.8 Å². The largest absolute Gasteiger partial charge is 0.349 e. The van der Waals surface area contributed by atoms with E-state index in [1.165, 1.54) is 11.3 Å². The smallest absolute Gasteiger partial charge is 0.226 e. The number of hydrogen-bond acceptors (Lipinski definition) is 4. The van der Waals surface area contributed by atoms with Crippen LogP contribution in [0.3, 0.4) is 0 Å². The lowest BCUT2D eigenvalue weighted by atomic mass is 10.2. The van der Waals surface area contributed by atoms with Gasteiger partial charge in [-0.1, -0.05) is 0 Å². The molecule has 1 amide bonds. The highest BCUT2D eigenvalue weighted by Crippen LogP contribution is 2.10. The normalized spacial score (nSPS) is 12.4. The van der Waals surface area contributed by atoms with Crippen molar-refractivity contribution < 1.29 is 4.79 Å². The van der Waals surface area contributed by atoms with E-state index in [0.717, 1.165) is 11.3 Å². The van der Waals surface area contributed by atoms with Crippen LogP contribution in [0.5, 0.6) is 0 Å². The number of aromatic nitrogens is 3. The average Bonchev–Trinajstić information content (AvgIpc) is 2.89. The van der Waals surface area contributed by atoms with E-state index in [1.54, 1.807) is 16.4 Å². The second kappa shape index (κ2) is 5.09. The maximum Gasteiger partial charge on any atom is 0.226 e. The minimum atomic E-state index is -0.0326. The first-order chi connectivity index (χ1) is 8.15. The molecule has 0 radical (unpaired) electrons. The fourth-order valence-corrected chi connectivity index (χ4v) is 2.09. The van der Waals surface area contributed by atoms with Gasteiger partial charge in [-0.2, -0.15) is 5.10 Å². The molecule has 17 heavy (non-hydrogen) atoms. The van der Waals surface area contributed by atoms with Crippen LogP contribution in [0.25, 0.3) is 0 Å². The Labute approximate surface area is 103 Å². The van der Waals surface area contributed by atoms with E-state index in [0.29, 0.717) is 6.42 Å². The van der Waals surface area contributed by atoms with Crippen LogP contribution in [-0.2, 0) is 18.3 Å². The number of carbonyl (C=O) groups is 1. The molecule has 1 N–H and O–H groups in total. The molecule has 0 aromatic carbocycles. The summed E-state index contributed by atoms with van der Waals surface area (Å²) in [5.74, 6) is -0.0211. The van der Waals surface area contributed by atoms with E-state index in [4.69, 9.17) is 0 Å². The Bertz CT molecular complexity index is 491. The van der Waals surface area contributed by atoms with Gasteiger partial charge in [-0.05, 0) is 6.92 Å². The van der Waals surface area contributed by atoms with E-state index >= 15 is 0 Å². The first-order valence-corrected chi connectivity index (χ1v) is 6.24. The van der Waals surface area contributed by atoms with Gasteiger partial charge in [0.05, 0.1) is 29.9 Å². The third-order valence-corrected chi connectivity index (χ3v) is 3.06. The monoisotopic (exact) mass is 250 g/mol. The second-order valence-electron chi connectivity index (χ2n) is 3.89. The quantitative estimate of drug-likeness (QED) is 0.889. The molecule has 0 spiro atoms. The maximum atomic E-state index is 11.7. The highest BCUT2D eigenvalue weighted by Gasteiger charge is 2.12. The van der Waals surface area contributed by atoms with Gasteiger partial charge in [0.1, 0.15) is 0 Å². The lowest BCUT2D eigenvalue weighted by Crippen LogP contribution is -2.28. The van der Waals surface area contributed by atoms with Gasteiger partial charge in [0.2, 0.25) is 5.91 Å². The van der Waals surface area contributed by atoms with Gasteiger partial charge in [-0.3, -0.25) is 9.48 Å². The number of rotatable bonds is 4. The van der Waals surface area contributed by atoms with Crippen molar-refractivity contribution in [1.29, 1.82) is 0 Å². The van der Waals surface area contributed by atoms with Crippen molar-refractivity contribution in [2.24, 2.45) is 7.05 Å². The summed E-state index contributed by atoms with van der Waals surface area (Å²) < 4.78 is 1.72. The molecule has 6 heteroatoms. The summed E-state index contributed by atoms with van der Waals surface area (Å²) >= 11 is 1.50. The summed E-state index contributed by atoms with van der Waals surface area (Å²) in [6.45, 7) is 1.94. The molecule has 0 fully saturated rings. The van der Waals surface area contributed by atoms with Crippen LogP contribution in [0, 0.1) is 0 Å². The lowest BCUT2D eigenvalue weighted by Gasteiger charge is -2.11. The van der Waals surface area contributed by atoms with Crippen molar-refractivity contribution in [3.8, 4) is 0 Å². The number of aryl methyl sites for hydroxylation is 1. The van der Waals surface area contributed by atoms with Crippen LogP contribution in [0.15, 0.2) is 23.3 Å². The standard InChI is InChI=1S/C11H14N4OS/c1-8(9-4-13-15(2)5-9)14-11(16)3-10-6-17-7-12-10/h4-8H,3H2,1-2H3,(H,14,16). The van der Waals surface area contributed by atoms with Crippen molar-refractivity contribution >= 4 is 17.2 Å². The maximum absolute atomic E-state index is 11.7. The van der Waals surface area contributed by atoms with Crippen molar-refractivity contribution in [3.05, 3.63) is 34.5 Å². The summed E-state index contributed by atoms with van der Waals surface area (Å²) in [7, 11) is 1.85. The van der Waals surface area contributed by atoms with E-state index < -0.39 is 0 Å². The van der Waals surface area contributed by atoms with E-state index in [2.05, 4.69) is 15.4 Å². The van der Waals surface area contributed by atoms with Crippen molar-refractivity contribution in [2.45, 2.75) is 19.4 Å². The van der Waals surface area contributed by atoms with Gasteiger partial charge in [-0.15, -0.1) is 11.3 Å². The molecule has 0 aliphatic carbocycles. The SMILES string of the molecule is CC(NC(=O)Cc1cscn1)c1cnn(C)c1. The molecule has 2 aromatic rings. The Hall–Kier alpha value is -1.69. The van der Waals surface area contributed by atoms with Gasteiger partial charge in [0, 0.05) is 24.2 Å². The lowest BCUT2D eigenvalue weighted by molar-refractivity contribution is -0.121. The van der Waals surface area contributed by atoms with Crippen LogP contribution < -0.4 is 5.32 Å². The molecule has 0 bridgehead atoms. The Morgan fingerprint density at radius 1 is 1.65 bits per heavy atom. The molecular formula is C11H14N4OS. The molecule has 2 heterocycles. The van der Waals surface area contributed by atoms with Gasteiger partial charge in [-0.25, -0.2) is 4.98 Å². The minimum absolute atomic E-state index is 0.0211.